The van der Waals surface area contributed by atoms with Crippen LogP contribution >= 0.6 is 11.6 Å². The minimum absolute atomic E-state index is 0.409. The van der Waals surface area contributed by atoms with Gasteiger partial charge in [-0.1, -0.05) is 17.7 Å². The SMILES string of the molecule is CC(C)(Oc1cccc(Cl)c1)C(=O)[O-]. The van der Waals surface area contributed by atoms with Crippen LogP contribution in [0, 0.1) is 0 Å². The molecule has 1 rings (SSSR count). The van der Waals surface area contributed by atoms with Gasteiger partial charge in [-0.25, -0.2) is 0 Å². The van der Waals surface area contributed by atoms with E-state index in [4.69, 9.17) is 16.3 Å². The van der Waals surface area contributed by atoms with E-state index in [1.165, 1.54) is 13.8 Å². The van der Waals surface area contributed by atoms with Crippen LogP contribution in [0.1, 0.15) is 13.8 Å². The maximum absolute atomic E-state index is 10.6. The molecule has 0 spiro atoms. The molecule has 76 valence electrons. The molecule has 4 heteroatoms. The summed E-state index contributed by atoms with van der Waals surface area (Å²) in [6, 6.07) is 6.55. The predicted molar refractivity (Wildman–Crippen MR) is 51.2 cm³/mol. The van der Waals surface area contributed by atoms with E-state index in [-0.39, 0.29) is 0 Å². The molecule has 0 bridgehead atoms. The van der Waals surface area contributed by atoms with Crippen LogP contribution in [0.5, 0.6) is 5.75 Å². The van der Waals surface area contributed by atoms with Gasteiger partial charge in [0.05, 0.1) is 5.97 Å². The average molecular weight is 214 g/mol. The molecule has 0 aliphatic heterocycles. The normalized spacial score (nSPS) is 11.1. The third-order valence-corrected chi connectivity index (χ3v) is 1.90. The van der Waals surface area contributed by atoms with E-state index >= 15 is 0 Å². The second-order valence-electron chi connectivity index (χ2n) is 3.36. The van der Waals surface area contributed by atoms with Crippen LogP contribution in [-0.4, -0.2) is 11.6 Å². The number of rotatable bonds is 3. The van der Waals surface area contributed by atoms with Crippen LogP contribution in [-0.2, 0) is 4.79 Å². The lowest BCUT2D eigenvalue weighted by Crippen LogP contribution is -2.47. The molecule has 14 heavy (non-hydrogen) atoms. The van der Waals surface area contributed by atoms with Crippen LogP contribution in [0.3, 0.4) is 0 Å². The summed E-state index contributed by atoms with van der Waals surface area (Å²) >= 11 is 5.71. The molecule has 0 fully saturated rings. The highest BCUT2D eigenvalue weighted by atomic mass is 35.5. The molecular formula is C10H10ClO3-. The molecular weight excluding hydrogens is 204 g/mol. The Bertz CT molecular complexity index is 347. The van der Waals surface area contributed by atoms with Gasteiger partial charge in [0.15, 0.2) is 0 Å². The highest BCUT2D eigenvalue weighted by Crippen LogP contribution is 2.21. The first-order valence-corrected chi connectivity index (χ1v) is 4.45. The summed E-state index contributed by atoms with van der Waals surface area (Å²) < 4.78 is 5.20. The zero-order chi connectivity index (χ0) is 10.8. The zero-order valence-electron chi connectivity index (χ0n) is 7.91. The maximum Gasteiger partial charge on any atom is 0.143 e. The smallest absolute Gasteiger partial charge is 0.143 e. The number of benzene rings is 1. The molecule has 0 atom stereocenters. The topological polar surface area (TPSA) is 49.4 Å². The number of aliphatic carboxylic acids is 1. The molecule has 0 saturated heterocycles. The third-order valence-electron chi connectivity index (χ3n) is 1.66. The van der Waals surface area contributed by atoms with E-state index in [1.54, 1.807) is 24.3 Å². The van der Waals surface area contributed by atoms with E-state index < -0.39 is 11.6 Å². The molecule has 0 unspecified atom stereocenters. The number of hydrogen-bond acceptors (Lipinski definition) is 3. The molecule has 0 aliphatic carbocycles. The number of hydrogen-bond donors (Lipinski definition) is 0. The number of carboxylic acids is 1. The van der Waals surface area contributed by atoms with Crippen molar-refractivity contribution in [3.8, 4) is 5.75 Å². The second-order valence-corrected chi connectivity index (χ2v) is 3.79. The summed E-state index contributed by atoms with van der Waals surface area (Å²) in [6.45, 7) is 2.84. The van der Waals surface area contributed by atoms with Crippen molar-refractivity contribution in [3.63, 3.8) is 0 Å². The van der Waals surface area contributed by atoms with Gasteiger partial charge >= 0.3 is 0 Å². The number of carbonyl (C=O) groups excluding carboxylic acids is 1. The van der Waals surface area contributed by atoms with Crippen molar-refractivity contribution in [1.82, 2.24) is 0 Å². The van der Waals surface area contributed by atoms with Crippen molar-refractivity contribution in [2.75, 3.05) is 0 Å². The zero-order valence-corrected chi connectivity index (χ0v) is 8.67. The molecule has 0 amide bonds. The van der Waals surface area contributed by atoms with E-state index in [0.29, 0.717) is 10.8 Å². The average Bonchev–Trinajstić information content (AvgIpc) is 2.02. The van der Waals surface area contributed by atoms with Crippen molar-refractivity contribution in [3.05, 3.63) is 29.3 Å². The van der Waals surface area contributed by atoms with E-state index in [9.17, 15) is 9.90 Å². The van der Waals surface area contributed by atoms with Crippen LogP contribution in [0.25, 0.3) is 0 Å². The predicted octanol–water partition coefficient (Wildman–Crippen LogP) is 1.25. The van der Waals surface area contributed by atoms with Gasteiger partial charge in [-0.15, -0.1) is 0 Å². The Balaban J connectivity index is 2.83. The number of halogens is 1. The lowest BCUT2D eigenvalue weighted by molar-refractivity contribution is -0.320. The largest absolute Gasteiger partial charge is 0.546 e. The van der Waals surface area contributed by atoms with Gasteiger partial charge in [-0.05, 0) is 32.0 Å². The molecule has 1 aromatic carbocycles. The Morgan fingerprint density at radius 3 is 2.64 bits per heavy atom. The first-order chi connectivity index (χ1) is 6.42. The van der Waals surface area contributed by atoms with Gasteiger partial charge in [0.2, 0.25) is 0 Å². The Kier molecular flexibility index (Phi) is 3.01. The lowest BCUT2D eigenvalue weighted by atomic mass is 10.1. The van der Waals surface area contributed by atoms with Gasteiger partial charge in [0.1, 0.15) is 11.4 Å². The first-order valence-electron chi connectivity index (χ1n) is 4.08. The molecule has 1 aromatic rings. The van der Waals surface area contributed by atoms with Crippen LogP contribution in [0.2, 0.25) is 5.02 Å². The minimum Gasteiger partial charge on any atom is -0.546 e. The second kappa shape index (κ2) is 3.88. The molecule has 0 radical (unpaired) electrons. The van der Waals surface area contributed by atoms with Gasteiger partial charge in [-0.3, -0.25) is 0 Å². The summed E-state index contributed by atoms with van der Waals surface area (Å²) in [5, 5.41) is 11.1. The van der Waals surface area contributed by atoms with E-state index in [0.717, 1.165) is 0 Å². The van der Waals surface area contributed by atoms with Gasteiger partial charge < -0.3 is 14.6 Å². The summed E-state index contributed by atoms with van der Waals surface area (Å²) in [6.07, 6.45) is 0. The number of carboxylic acid groups (broad SMARTS) is 1. The molecule has 0 heterocycles. The number of carbonyl (C=O) groups is 1. The third kappa shape index (κ3) is 2.64. The van der Waals surface area contributed by atoms with Crippen molar-refractivity contribution in [1.29, 1.82) is 0 Å². The Labute approximate surface area is 87.3 Å². The molecule has 0 N–H and O–H groups in total. The molecule has 3 nitrogen and oxygen atoms in total. The van der Waals surface area contributed by atoms with Gasteiger partial charge in [0.25, 0.3) is 0 Å². The molecule has 0 saturated carbocycles. The quantitative estimate of drug-likeness (QED) is 0.759. The fourth-order valence-corrected chi connectivity index (χ4v) is 1.05. The van der Waals surface area contributed by atoms with E-state index in [1.807, 2.05) is 0 Å². The van der Waals surface area contributed by atoms with Crippen molar-refractivity contribution < 1.29 is 14.6 Å². The summed E-state index contributed by atoms with van der Waals surface area (Å²) in [4.78, 5) is 10.6. The number of ether oxygens (including phenoxy) is 1. The highest BCUT2D eigenvalue weighted by molar-refractivity contribution is 6.30. The van der Waals surface area contributed by atoms with Crippen LogP contribution < -0.4 is 9.84 Å². The van der Waals surface area contributed by atoms with Crippen molar-refractivity contribution >= 4 is 17.6 Å². The lowest BCUT2D eigenvalue weighted by Gasteiger charge is -2.27. The minimum atomic E-state index is -1.36. The van der Waals surface area contributed by atoms with Crippen LogP contribution in [0.15, 0.2) is 24.3 Å². The highest BCUT2D eigenvalue weighted by Gasteiger charge is 2.21. The summed E-state index contributed by atoms with van der Waals surface area (Å²) in [5.74, 6) is -0.857. The fourth-order valence-electron chi connectivity index (χ4n) is 0.867. The molecule has 0 aromatic heterocycles. The standard InChI is InChI=1S/C10H11ClO3/c1-10(2,9(12)13)14-8-5-3-4-7(11)6-8/h3-6H,1-2H3,(H,12,13)/p-1. The van der Waals surface area contributed by atoms with E-state index in [2.05, 4.69) is 0 Å². The summed E-state index contributed by atoms with van der Waals surface area (Å²) in [5.41, 5.74) is -1.36. The fraction of sp³-hybridized carbons (Fsp3) is 0.300. The van der Waals surface area contributed by atoms with Crippen LogP contribution in [0.4, 0.5) is 0 Å². The monoisotopic (exact) mass is 213 g/mol. The van der Waals surface area contributed by atoms with Crippen molar-refractivity contribution in [2.24, 2.45) is 0 Å². The van der Waals surface area contributed by atoms with Gasteiger partial charge in [-0.2, -0.15) is 0 Å². The Hall–Kier alpha value is -1.22. The van der Waals surface area contributed by atoms with Gasteiger partial charge in [0, 0.05) is 5.02 Å². The first kappa shape index (κ1) is 10.9. The molecule has 0 aliphatic rings. The Morgan fingerprint density at radius 2 is 2.14 bits per heavy atom. The maximum atomic E-state index is 10.6. The summed E-state index contributed by atoms with van der Waals surface area (Å²) in [7, 11) is 0. The van der Waals surface area contributed by atoms with Crippen molar-refractivity contribution in [2.45, 2.75) is 19.4 Å². The Morgan fingerprint density at radius 1 is 1.50 bits per heavy atom.